The largest absolute Gasteiger partial charge is 0.396 e. The standard InChI is InChI=1S/C15H22F2N2O/c16-13-7-12(8-14(17)9-13)15(18)3-6-19-4-1-11(10-20)2-5-19/h7-9,11,15,20H,1-6,10,18H2. The lowest BCUT2D eigenvalue weighted by molar-refractivity contribution is 0.129. The summed E-state index contributed by atoms with van der Waals surface area (Å²) in [5, 5.41) is 9.09. The van der Waals surface area contributed by atoms with Crippen LogP contribution in [0.25, 0.3) is 0 Å². The molecular weight excluding hydrogens is 262 g/mol. The van der Waals surface area contributed by atoms with Crippen molar-refractivity contribution in [3.8, 4) is 0 Å². The monoisotopic (exact) mass is 284 g/mol. The Labute approximate surface area is 118 Å². The predicted molar refractivity (Wildman–Crippen MR) is 74.2 cm³/mol. The molecule has 1 unspecified atom stereocenters. The van der Waals surface area contributed by atoms with Crippen LogP contribution < -0.4 is 5.73 Å². The second kappa shape index (κ2) is 7.11. The molecule has 1 aromatic rings. The number of halogens is 2. The van der Waals surface area contributed by atoms with Crippen LogP contribution in [0.1, 0.15) is 30.9 Å². The SMILES string of the molecule is NC(CCN1CCC(CO)CC1)c1cc(F)cc(F)c1. The minimum Gasteiger partial charge on any atom is -0.396 e. The van der Waals surface area contributed by atoms with Crippen LogP contribution in [-0.2, 0) is 0 Å². The van der Waals surface area contributed by atoms with Gasteiger partial charge >= 0.3 is 0 Å². The number of nitrogens with two attached hydrogens (primary N) is 1. The maximum atomic E-state index is 13.1. The van der Waals surface area contributed by atoms with Gasteiger partial charge in [0.1, 0.15) is 11.6 Å². The van der Waals surface area contributed by atoms with Crippen LogP contribution >= 0.6 is 0 Å². The molecule has 1 saturated heterocycles. The molecule has 1 heterocycles. The molecule has 2 rings (SSSR count). The molecule has 0 radical (unpaired) electrons. The summed E-state index contributed by atoms with van der Waals surface area (Å²) in [6.07, 6.45) is 2.67. The Kier molecular flexibility index (Phi) is 5.46. The number of hydrogen-bond donors (Lipinski definition) is 2. The highest BCUT2D eigenvalue weighted by molar-refractivity contribution is 5.21. The van der Waals surface area contributed by atoms with E-state index in [9.17, 15) is 8.78 Å². The Hall–Kier alpha value is -1.04. The van der Waals surface area contributed by atoms with Gasteiger partial charge in [0, 0.05) is 18.7 Å². The van der Waals surface area contributed by atoms with Crippen LogP contribution in [-0.4, -0.2) is 36.2 Å². The Morgan fingerprint density at radius 1 is 1.20 bits per heavy atom. The van der Waals surface area contributed by atoms with E-state index in [1.165, 1.54) is 12.1 Å². The molecule has 1 aliphatic rings. The van der Waals surface area contributed by atoms with E-state index in [-0.39, 0.29) is 12.6 Å². The zero-order chi connectivity index (χ0) is 14.5. The third kappa shape index (κ3) is 4.23. The van der Waals surface area contributed by atoms with Crippen LogP contribution in [0, 0.1) is 17.6 Å². The first kappa shape index (κ1) is 15.4. The maximum absolute atomic E-state index is 13.1. The average Bonchev–Trinajstić information content (AvgIpc) is 2.44. The Bertz CT molecular complexity index is 414. The van der Waals surface area contributed by atoms with E-state index < -0.39 is 11.6 Å². The second-order valence-electron chi connectivity index (χ2n) is 5.57. The summed E-state index contributed by atoms with van der Waals surface area (Å²) in [6, 6.07) is 3.10. The molecular formula is C15H22F2N2O. The number of benzene rings is 1. The van der Waals surface area contributed by atoms with Gasteiger partial charge in [-0.1, -0.05) is 0 Å². The number of hydrogen-bond acceptors (Lipinski definition) is 3. The lowest BCUT2D eigenvalue weighted by Crippen LogP contribution is -2.36. The molecule has 1 aliphatic heterocycles. The minimum absolute atomic E-state index is 0.260. The predicted octanol–water partition coefficient (Wildman–Crippen LogP) is 2.06. The van der Waals surface area contributed by atoms with E-state index in [0.29, 0.717) is 17.9 Å². The topological polar surface area (TPSA) is 49.5 Å². The first-order valence-electron chi connectivity index (χ1n) is 7.13. The summed E-state index contributed by atoms with van der Waals surface area (Å²) in [6.45, 7) is 2.98. The molecule has 0 aliphatic carbocycles. The van der Waals surface area contributed by atoms with Crippen molar-refractivity contribution in [3.05, 3.63) is 35.4 Å². The fourth-order valence-electron chi connectivity index (χ4n) is 2.67. The smallest absolute Gasteiger partial charge is 0.126 e. The Morgan fingerprint density at radius 2 is 1.80 bits per heavy atom. The molecule has 3 N–H and O–H groups in total. The summed E-state index contributed by atoms with van der Waals surface area (Å²) in [4.78, 5) is 2.29. The lowest BCUT2D eigenvalue weighted by Gasteiger charge is -2.31. The van der Waals surface area contributed by atoms with E-state index in [1.807, 2.05) is 0 Å². The molecule has 112 valence electrons. The molecule has 5 heteroatoms. The van der Waals surface area contributed by atoms with Crippen molar-refractivity contribution in [1.29, 1.82) is 0 Å². The number of aliphatic hydroxyl groups is 1. The van der Waals surface area contributed by atoms with Crippen molar-refractivity contribution in [2.24, 2.45) is 11.7 Å². The van der Waals surface area contributed by atoms with Crippen molar-refractivity contribution in [2.45, 2.75) is 25.3 Å². The molecule has 0 spiro atoms. The van der Waals surface area contributed by atoms with E-state index in [2.05, 4.69) is 4.90 Å². The summed E-state index contributed by atoms with van der Waals surface area (Å²) in [5.41, 5.74) is 6.51. The molecule has 0 saturated carbocycles. The summed E-state index contributed by atoms with van der Waals surface area (Å²) >= 11 is 0. The molecule has 20 heavy (non-hydrogen) atoms. The van der Waals surface area contributed by atoms with Crippen LogP contribution in [0.2, 0.25) is 0 Å². The van der Waals surface area contributed by atoms with Crippen LogP contribution in [0.15, 0.2) is 18.2 Å². The van der Waals surface area contributed by atoms with Gasteiger partial charge in [-0.05, 0) is 62.5 Å². The van der Waals surface area contributed by atoms with Gasteiger partial charge in [0.25, 0.3) is 0 Å². The summed E-state index contributed by atoms with van der Waals surface area (Å²) < 4.78 is 26.3. The Balaban J connectivity index is 1.81. The zero-order valence-electron chi connectivity index (χ0n) is 11.6. The quantitative estimate of drug-likeness (QED) is 0.870. The van der Waals surface area contributed by atoms with Gasteiger partial charge in [0.05, 0.1) is 0 Å². The highest BCUT2D eigenvalue weighted by Gasteiger charge is 2.19. The van der Waals surface area contributed by atoms with Gasteiger partial charge in [-0.2, -0.15) is 0 Å². The first-order chi connectivity index (χ1) is 9.58. The van der Waals surface area contributed by atoms with Gasteiger partial charge in [-0.25, -0.2) is 8.78 Å². The summed E-state index contributed by atoms with van der Waals surface area (Å²) in [5.74, 6) is -0.754. The average molecular weight is 284 g/mol. The van der Waals surface area contributed by atoms with Crippen LogP contribution in [0.5, 0.6) is 0 Å². The highest BCUT2D eigenvalue weighted by atomic mass is 19.1. The van der Waals surface area contributed by atoms with E-state index in [1.54, 1.807) is 0 Å². The van der Waals surface area contributed by atoms with E-state index in [0.717, 1.165) is 38.5 Å². The number of aliphatic hydroxyl groups excluding tert-OH is 1. The third-order valence-corrected chi connectivity index (χ3v) is 4.03. The van der Waals surface area contributed by atoms with E-state index >= 15 is 0 Å². The minimum atomic E-state index is -0.584. The van der Waals surface area contributed by atoms with Crippen molar-refractivity contribution in [3.63, 3.8) is 0 Å². The molecule has 0 amide bonds. The molecule has 0 bridgehead atoms. The third-order valence-electron chi connectivity index (χ3n) is 4.03. The maximum Gasteiger partial charge on any atom is 0.126 e. The Morgan fingerprint density at radius 3 is 2.35 bits per heavy atom. The van der Waals surface area contributed by atoms with Gasteiger partial charge in [0.2, 0.25) is 0 Å². The van der Waals surface area contributed by atoms with Gasteiger partial charge < -0.3 is 15.7 Å². The van der Waals surface area contributed by atoms with E-state index in [4.69, 9.17) is 10.8 Å². The number of nitrogens with zero attached hydrogens (tertiary/aromatic N) is 1. The highest BCUT2D eigenvalue weighted by Crippen LogP contribution is 2.20. The van der Waals surface area contributed by atoms with Crippen LogP contribution in [0.4, 0.5) is 8.78 Å². The van der Waals surface area contributed by atoms with Gasteiger partial charge in [0.15, 0.2) is 0 Å². The van der Waals surface area contributed by atoms with Crippen molar-refractivity contribution < 1.29 is 13.9 Å². The van der Waals surface area contributed by atoms with Crippen LogP contribution in [0.3, 0.4) is 0 Å². The number of piperidine rings is 1. The van der Waals surface area contributed by atoms with Crippen molar-refractivity contribution >= 4 is 0 Å². The summed E-state index contributed by atoms with van der Waals surface area (Å²) in [7, 11) is 0. The van der Waals surface area contributed by atoms with Gasteiger partial charge in [-0.3, -0.25) is 0 Å². The first-order valence-corrected chi connectivity index (χ1v) is 7.13. The molecule has 1 fully saturated rings. The lowest BCUT2D eigenvalue weighted by atomic mass is 9.97. The molecule has 1 aromatic carbocycles. The number of rotatable bonds is 5. The second-order valence-corrected chi connectivity index (χ2v) is 5.57. The molecule has 1 atom stereocenters. The fourth-order valence-corrected chi connectivity index (χ4v) is 2.67. The normalized spacial score (nSPS) is 19.2. The van der Waals surface area contributed by atoms with Gasteiger partial charge in [-0.15, -0.1) is 0 Å². The fraction of sp³-hybridized carbons (Fsp3) is 0.600. The molecule has 3 nitrogen and oxygen atoms in total. The zero-order valence-corrected chi connectivity index (χ0v) is 11.6. The molecule has 0 aromatic heterocycles. The van der Waals surface area contributed by atoms with Crippen molar-refractivity contribution in [2.75, 3.05) is 26.2 Å². The number of likely N-dealkylation sites (tertiary alicyclic amines) is 1. The van der Waals surface area contributed by atoms with Crippen molar-refractivity contribution in [1.82, 2.24) is 4.90 Å².